The molecule has 17 heavy (non-hydrogen) atoms. The molecular weight excluding hydrogens is 240 g/mol. The van der Waals surface area contributed by atoms with E-state index in [4.69, 9.17) is 21.1 Å². The van der Waals surface area contributed by atoms with Crippen LogP contribution in [0.1, 0.15) is 37.9 Å². The molecule has 1 saturated carbocycles. The number of aromatic nitrogens is 2. The molecular formula is C12H17ClN2O2. The minimum absolute atomic E-state index is 0.269. The van der Waals surface area contributed by atoms with Gasteiger partial charge in [-0.05, 0) is 25.7 Å². The van der Waals surface area contributed by atoms with Gasteiger partial charge in [0.15, 0.2) is 5.82 Å². The van der Waals surface area contributed by atoms with Crippen LogP contribution in [0.3, 0.4) is 0 Å². The highest BCUT2D eigenvalue weighted by Gasteiger charge is 2.16. The van der Waals surface area contributed by atoms with Crippen molar-refractivity contribution < 1.29 is 9.47 Å². The van der Waals surface area contributed by atoms with E-state index >= 15 is 0 Å². The van der Waals surface area contributed by atoms with Gasteiger partial charge in [0.1, 0.15) is 17.9 Å². The molecule has 0 amide bonds. The van der Waals surface area contributed by atoms with Crippen molar-refractivity contribution in [3.05, 3.63) is 17.0 Å². The molecule has 0 bridgehead atoms. The Morgan fingerprint density at radius 1 is 1.29 bits per heavy atom. The first-order valence-electron chi connectivity index (χ1n) is 5.97. The molecule has 0 spiro atoms. The van der Waals surface area contributed by atoms with Crippen LogP contribution in [0.5, 0.6) is 5.88 Å². The first-order chi connectivity index (χ1) is 8.28. The second kappa shape index (κ2) is 6.17. The zero-order valence-electron chi connectivity index (χ0n) is 9.99. The summed E-state index contributed by atoms with van der Waals surface area (Å²) in [4.78, 5) is 8.34. The molecule has 1 aliphatic carbocycles. The highest BCUT2D eigenvalue weighted by Crippen LogP contribution is 2.23. The van der Waals surface area contributed by atoms with Crippen LogP contribution >= 0.6 is 11.6 Å². The average molecular weight is 257 g/mol. The van der Waals surface area contributed by atoms with Crippen LogP contribution in [-0.2, 0) is 11.3 Å². The van der Waals surface area contributed by atoms with E-state index in [1.807, 2.05) is 0 Å². The van der Waals surface area contributed by atoms with E-state index in [1.54, 1.807) is 13.2 Å². The highest BCUT2D eigenvalue weighted by molar-refractivity contribution is 6.29. The molecule has 1 heterocycles. The molecule has 0 aliphatic heterocycles. The first-order valence-corrected chi connectivity index (χ1v) is 6.35. The summed E-state index contributed by atoms with van der Waals surface area (Å²) in [5.41, 5.74) is 0. The van der Waals surface area contributed by atoms with Gasteiger partial charge >= 0.3 is 0 Å². The molecule has 0 saturated heterocycles. The molecule has 94 valence electrons. The number of methoxy groups -OCH3 is 1. The summed E-state index contributed by atoms with van der Waals surface area (Å²) in [7, 11) is 1.60. The van der Waals surface area contributed by atoms with Crippen LogP contribution < -0.4 is 4.74 Å². The van der Waals surface area contributed by atoms with Crippen LogP contribution in [0, 0.1) is 0 Å². The van der Waals surface area contributed by atoms with Gasteiger partial charge in [-0.15, -0.1) is 0 Å². The van der Waals surface area contributed by atoms with Crippen molar-refractivity contribution in [2.45, 2.75) is 44.8 Å². The number of hydrogen-bond acceptors (Lipinski definition) is 4. The Kier molecular flexibility index (Phi) is 4.57. The number of hydrogen-bond donors (Lipinski definition) is 0. The summed E-state index contributed by atoms with van der Waals surface area (Å²) in [6.07, 6.45) is 6.23. The molecule has 1 aromatic heterocycles. The smallest absolute Gasteiger partial charge is 0.218 e. The van der Waals surface area contributed by atoms with Crippen molar-refractivity contribution >= 4 is 11.6 Å². The lowest BCUT2D eigenvalue weighted by molar-refractivity contribution is 0.144. The van der Waals surface area contributed by atoms with Gasteiger partial charge in [0, 0.05) is 13.2 Å². The zero-order valence-corrected chi connectivity index (χ0v) is 10.7. The average Bonchev–Trinajstić information content (AvgIpc) is 2.30. The monoisotopic (exact) mass is 256 g/mol. The Bertz CT molecular complexity index is 368. The molecule has 0 radical (unpaired) electrons. The summed E-state index contributed by atoms with van der Waals surface area (Å²) in [5, 5.41) is 0.401. The minimum Gasteiger partial charge on any atom is -0.474 e. The number of halogens is 1. The van der Waals surface area contributed by atoms with E-state index in [0.717, 1.165) is 12.8 Å². The maximum atomic E-state index is 5.92. The van der Waals surface area contributed by atoms with Crippen molar-refractivity contribution in [2.24, 2.45) is 0 Å². The molecule has 0 aromatic carbocycles. The normalized spacial score (nSPS) is 17.1. The predicted molar refractivity (Wildman–Crippen MR) is 65.3 cm³/mol. The molecule has 0 atom stereocenters. The van der Waals surface area contributed by atoms with E-state index in [2.05, 4.69) is 9.97 Å². The van der Waals surface area contributed by atoms with E-state index in [9.17, 15) is 0 Å². The van der Waals surface area contributed by atoms with Gasteiger partial charge in [-0.25, -0.2) is 4.98 Å². The van der Waals surface area contributed by atoms with Crippen molar-refractivity contribution in [1.29, 1.82) is 0 Å². The lowest BCUT2D eigenvalue weighted by Crippen LogP contribution is -2.20. The van der Waals surface area contributed by atoms with Crippen LogP contribution in [0.25, 0.3) is 0 Å². The number of ether oxygens (including phenoxy) is 2. The van der Waals surface area contributed by atoms with E-state index < -0.39 is 0 Å². The molecule has 0 unspecified atom stereocenters. The van der Waals surface area contributed by atoms with Crippen molar-refractivity contribution in [3.8, 4) is 5.88 Å². The zero-order chi connectivity index (χ0) is 12.1. The van der Waals surface area contributed by atoms with Crippen LogP contribution in [0.15, 0.2) is 6.07 Å². The van der Waals surface area contributed by atoms with Crippen LogP contribution in [0.4, 0.5) is 0 Å². The van der Waals surface area contributed by atoms with Gasteiger partial charge in [0.05, 0.1) is 0 Å². The van der Waals surface area contributed by atoms with Crippen molar-refractivity contribution in [2.75, 3.05) is 7.11 Å². The van der Waals surface area contributed by atoms with E-state index in [1.165, 1.54) is 19.3 Å². The van der Waals surface area contributed by atoms with Gasteiger partial charge in [0.2, 0.25) is 5.88 Å². The molecule has 0 N–H and O–H groups in total. The Morgan fingerprint density at radius 3 is 2.76 bits per heavy atom. The maximum Gasteiger partial charge on any atom is 0.218 e. The van der Waals surface area contributed by atoms with Crippen molar-refractivity contribution in [3.63, 3.8) is 0 Å². The highest BCUT2D eigenvalue weighted by atomic mass is 35.5. The number of nitrogens with zero attached hydrogens (tertiary/aromatic N) is 2. The Morgan fingerprint density at radius 2 is 2.06 bits per heavy atom. The molecule has 5 heteroatoms. The van der Waals surface area contributed by atoms with Gasteiger partial charge < -0.3 is 9.47 Å². The summed E-state index contributed by atoms with van der Waals surface area (Å²) < 4.78 is 10.8. The fourth-order valence-corrected chi connectivity index (χ4v) is 2.24. The van der Waals surface area contributed by atoms with Gasteiger partial charge in [-0.1, -0.05) is 18.0 Å². The third kappa shape index (κ3) is 3.82. The Labute approximate surface area is 106 Å². The summed E-state index contributed by atoms with van der Waals surface area (Å²) in [5.74, 6) is 1.12. The van der Waals surface area contributed by atoms with E-state index in [0.29, 0.717) is 23.5 Å². The fourth-order valence-electron chi connectivity index (χ4n) is 2.05. The molecule has 1 aromatic rings. The topological polar surface area (TPSA) is 44.2 Å². The molecule has 1 fully saturated rings. The lowest BCUT2D eigenvalue weighted by atomic mass is 9.98. The second-order valence-corrected chi connectivity index (χ2v) is 4.64. The first kappa shape index (κ1) is 12.6. The second-order valence-electron chi connectivity index (χ2n) is 4.26. The standard InChI is InChI=1S/C12H17ClN2O2/c1-16-8-11-14-10(13)7-12(15-11)17-9-5-3-2-4-6-9/h7,9H,2-6,8H2,1H3. The van der Waals surface area contributed by atoms with E-state index in [-0.39, 0.29) is 6.10 Å². The molecule has 4 nitrogen and oxygen atoms in total. The molecule has 2 rings (SSSR count). The van der Waals surface area contributed by atoms with Crippen molar-refractivity contribution in [1.82, 2.24) is 9.97 Å². The van der Waals surface area contributed by atoms with Gasteiger partial charge in [-0.3, -0.25) is 0 Å². The fraction of sp³-hybridized carbons (Fsp3) is 0.667. The Balaban J connectivity index is 2.03. The summed E-state index contributed by atoms with van der Waals surface area (Å²) in [6, 6.07) is 1.66. The van der Waals surface area contributed by atoms with Gasteiger partial charge in [-0.2, -0.15) is 4.98 Å². The van der Waals surface area contributed by atoms with Gasteiger partial charge in [0.25, 0.3) is 0 Å². The van der Waals surface area contributed by atoms with Crippen LogP contribution in [-0.4, -0.2) is 23.2 Å². The largest absolute Gasteiger partial charge is 0.474 e. The van der Waals surface area contributed by atoms with Crippen LogP contribution in [0.2, 0.25) is 5.15 Å². The minimum atomic E-state index is 0.269. The SMILES string of the molecule is COCc1nc(Cl)cc(OC2CCCCC2)n1. The third-order valence-corrected chi connectivity index (χ3v) is 3.02. The molecule has 1 aliphatic rings. The lowest BCUT2D eigenvalue weighted by Gasteiger charge is -2.22. The summed E-state index contributed by atoms with van der Waals surface area (Å²) in [6.45, 7) is 0.349. The maximum absolute atomic E-state index is 5.92. The number of rotatable bonds is 4. The summed E-state index contributed by atoms with van der Waals surface area (Å²) >= 11 is 5.92. The predicted octanol–water partition coefficient (Wildman–Crippen LogP) is 2.99. The third-order valence-electron chi connectivity index (χ3n) is 2.83. The Hall–Kier alpha value is -0.870. The quantitative estimate of drug-likeness (QED) is 0.777.